The summed E-state index contributed by atoms with van der Waals surface area (Å²) in [6, 6.07) is 15.7. The monoisotopic (exact) mass is 413 g/mol. The molecule has 1 aromatic heterocycles. The van der Waals surface area contributed by atoms with Gasteiger partial charge >= 0.3 is 0 Å². The van der Waals surface area contributed by atoms with Crippen LogP contribution in [0.2, 0.25) is 0 Å². The lowest BCUT2D eigenvalue weighted by atomic mass is 10.1. The number of hydrogen-bond acceptors (Lipinski definition) is 3. The molecular weight excluding hydrogens is 394 g/mol. The maximum atomic E-state index is 12.5. The number of amides is 1. The van der Waals surface area contributed by atoms with Gasteiger partial charge in [-0.1, -0.05) is 28.1 Å². The van der Waals surface area contributed by atoms with Crippen LogP contribution in [0.4, 0.5) is 0 Å². The van der Waals surface area contributed by atoms with Gasteiger partial charge in [0.2, 0.25) is 0 Å². The maximum Gasteiger partial charge on any atom is 0.254 e. The molecule has 0 saturated heterocycles. The normalized spacial score (nSPS) is 10.6. The van der Waals surface area contributed by atoms with Gasteiger partial charge in [-0.3, -0.25) is 4.79 Å². The van der Waals surface area contributed by atoms with Crippen LogP contribution in [0, 0.1) is 6.92 Å². The zero-order valence-corrected chi connectivity index (χ0v) is 16.3. The summed E-state index contributed by atoms with van der Waals surface area (Å²) in [4.78, 5) is 12.5. The second kappa shape index (κ2) is 8.19. The van der Waals surface area contributed by atoms with E-state index >= 15 is 0 Å². The van der Waals surface area contributed by atoms with E-state index in [0.717, 1.165) is 33.6 Å². The standard InChI is InChI=1S/C20H20BrN3O2/c1-14-19(13-23-24(14)17-7-5-16(21)6-8-17)20(25)22-12-11-15-3-9-18(26-2)10-4-15/h3-10,13H,11-12H2,1-2H3,(H,22,25). The molecule has 3 aromatic rings. The van der Waals surface area contributed by atoms with Crippen LogP contribution >= 0.6 is 15.9 Å². The number of nitrogens with one attached hydrogen (secondary N) is 1. The number of carbonyl (C=O) groups excluding carboxylic acids is 1. The third kappa shape index (κ3) is 4.14. The summed E-state index contributed by atoms with van der Waals surface area (Å²) in [6.07, 6.45) is 2.37. The minimum Gasteiger partial charge on any atom is -0.497 e. The van der Waals surface area contributed by atoms with Crippen molar-refractivity contribution in [3.63, 3.8) is 0 Å². The molecule has 0 spiro atoms. The Hall–Kier alpha value is -2.60. The Morgan fingerprint density at radius 2 is 1.85 bits per heavy atom. The molecule has 0 aliphatic heterocycles. The van der Waals surface area contributed by atoms with Crippen molar-refractivity contribution in [1.82, 2.24) is 15.1 Å². The van der Waals surface area contributed by atoms with E-state index in [1.165, 1.54) is 0 Å². The minimum absolute atomic E-state index is 0.112. The van der Waals surface area contributed by atoms with Crippen LogP contribution in [-0.4, -0.2) is 29.3 Å². The predicted octanol–water partition coefficient (Wildman–Crippen LogP) is 3.92. The highest BCUT2D eigenvalue weighted by Crippen LogP contribution is 2.17. The first-order valence-electron chi connectivity index (χ1n) is 8.30. The molecule has 1 heterocycles. The summed E-state index contributed by atoms with van der Waals surface area (Å²) in [5.74, 6) is 0.716. The van der Waals surface area contributed by atoms with Crippen molar-refractivity contribution in [1.29, 1.82) is 0 Å². The fourth-order valence-corrected chi connectivity index (χ4v) is 2.95. The van der Waals surface area contributed by atoms with Gasteiger partial charge in [0.05, 0.1) is 30.3 Å². The van der Waals surface area contributed by atoms with E-state index in [0.29, 0.717) is 12.1 Å². The van der Waals surface area contributed by atoms with Crippen molar-refractivity contribution in [3.05, 3.63) is 76.0 Å². The SMILES string of the molecule is COc1ccc(CCNC(=O)c2cnn(-c3ccc(Br)cc3)c2C)cc1. The van der Waals surface area contributed by atoms with Gasteiger partial charge in [-0.25, -0.2) is 4.68 Å². The van der Waals surface area contributed by atoms with Gasteiger partial charge in [0.15, 0.2) is 0 Å². The number of halogens is 1. The summed E-state index contributed by atoms with van der Waals surface area (Å²) in [5, 5.41) is 7.31. The molecule has 3 rings (SSSR count). The number of benzene rings is 2. The molecule has 134 valence electrons. The van der Waals surface area contributed by atoms with Crippen molar-refractivity contribution in [3.8, 4) is 11.4 Å². The Kier molecular flexibility index (Phi) is 5.73. The van der Waals surface area contributed by atoms with E-state index in [9.17, 15) is 4.79 Å². The second-order valence-electron chi connectivity index (χ2n) is 5.89. The molecule has 2 aromatic carbocycles. The first-order chi connectivity index (χ1) is 12.6. The van der Waals surface area contributed by atoms with E-state index in [1.54, 1.807) is 18.0 Å². The quantitative estimate of drug-likeness (QED) is 0.665. The highest BCUT2D eigenvalue weighted by molar-refractivity contribution is 9.10. The van der Waals surface area contributed by atoms with E-state index in [2.05, 4.69) is 26.3 Å². The van der Waals surface area contributed by atoms with Crippen molar-refractivity contribution < 1.29 is 9.53 Å². The first kappa shape index (κ1) is 18.2. The van der Waals surface area contributed by atoms with Gasteiger partial charge in [-0.05, 0) is 55.3 Å². The molecule has 5 nitrogen and oxygen atoms in total. The van der Waals surface area contributed by atoms with Crippen molar-refractivity contribution in [2.24, 2.45) is 0 Å². The van der Waals surface area contributed by atoms with E-state index in [1.807, 2.05) is 55.5 Å². The number of rotatable bonds is 6. The molecule has 26 heavy (non-hydrogen) atoms. The maximum absolute atomic E-state index is 12.5. The highest BCUT2D eigenvalue weighted by Gasteiger charge is 2.14. The lowest BCUT2D eigenvalue weighted by molar-refractivity contribution is 0.0953. The third-order valence-corrected chi connectivity index (χ3v) is 4.71. The Morgan fingerprint density at radius 1 is 1.15 bits per heavy atom. The van der Waals surface area contributed by atoms with E-state index in [4.69, 9.17) is 4.74 Å². The molecule has 0 aliphatic carbocycles. The van der Waals surface area contributed by atoms with Crippen LogP contribution in [0.15, 0.2) is 59.2 Å². The number of nitrogens with zero attached hydrogens (tertiary/aromatic N) is 2. The number of hydrogen-bond donors (Lipinski definition) is 1. The van der Waals surface area contributed by atoms with Crippen LogP contribution in [-0.2, 0) is 6.42 Å². The van der Waals surface area contributed by atoms with E-state index in [-0.39, 0.29) is 5.91 Å². The summed E-state index contributed by atoms with van der Waals surface area (Å²) in [7, 11) is 1.64. The smallest absolute Gasteiger partial charge is 0.254 e. The van der Waals surface area contributed by atoms with Crippen LogP contribution in [0.5, 0.6) is 5.75 Å². The summed E-state index contributed by atoms with van der Waals surface area (Å²) in [6.45, 7) is 2.46. The molecule has 0 saturated carbocycles. The lowest BCUT2D eigenvalue weighted by Gasteiger charge is -2.07. The van der Waals surface area contributed by atoms with E-state index < -0.39 is 0 Å². The predicted molar refractivity (Wildman–Crippen MR) is 105 cm³/mol. The first-order valence-corrected chi connectivity index (χ1v) is 9.09. The van der Waals surface area contributed by atoms with Crippen LogP contribution < -0.4 is 10.1 Å². The average molecular weight is 414 g/mol. The zero-order valence-electron chi connectivity index (χ0n) is 14.7. The summed E-state index contributed by atoms with van der Waals surface area (Å²) in [5.41, 5.74) is 3.47. The molecular formula is C20H20BrN3O2. The summed E-state index contributed by atoms with van der Waals surface area (Å²) >= 11 is 3.42. The van der Waals surface area contributed by atoms with Crippen LogP contribution in [0.1, 0.15) is 21.6 Å². The third-order valence-electron chi connectivity index (χ3n) is 4.18. The van der Waals surface area contributed by atoms with Crippen molar-refractivity contribution >= 4 is 21.8 Å². The van der Waals surface area contributed by atoms with Crippen molar-refractivity contribution in [2.45, 2.75) is 13.3 Å². The lowest BCUT2D eigenvalue weighted by Crippen LogP contribution is -2.26. The van der Waals surface area contributed by atoms with Crippen LogP contribution in [0.3, 0.4) is 0 Å². The molecule has 6 heteroatoms. The van der Waals surface area contributed by atoms with Gasteiger partial charge in [-0.2, -0.15) is 5.10 Å². The largest absolute Gasteiger partial charge is 0.497 e. The molecule has 0 atom stereocenters. The molecule has 0 aliphatic rings. The molecule has 0 bridgehead atoms. The van der Waals surface area contributed by atoms with Gasteiger partial charge in [0, 0.05) is 11.0 Å². The van der Waals surface area contributed by atoms with Crippen molar-refractivity contribution in [2.75, 3.05) is 13.7 Å². The van der Waals surface area contributed by atoms with Gasteiger partial charge in [0.25, 0.3) is 5.91 Å². The Balaban J connectivity index is 1.62. The topological polar surface area (TPSA) is 56.1 Å². The molecule has 1 N–H and O–H groups in total. The number of ether oxygens (including phenoxy) is 1. The fraction of sp³-hybridized carbons (Fsp3) is 0.200. The molecule has 0 radical (unpaired) electrons. The zero-order chi connectivity index (χ0) is 18.5. The summed E-state index contributed by atoms with van der Waals surface area (Å²) < 4.78 is 7.92. The Labute approximate surface area is 161 Å². The average Bonchev–Trinajstić information content (AvgIpc) is 3.04. The number of aromatic nitrogens is 2. The highest BCUT2D eigenvalue weighted by atomic mass is 79.9. The fourth-order valence-electron chi connectivity index (χ4n) is 2.68. The molecule has 1 amide bonds. The van der Waals surface area contributed by atoms with Gasteiger partial charge in [0.1, 0.15) is 5.75 Å². The number of methoxy groups -OCH3 is 1. The number of carbonyl (C=O) groups is 1. The molecule has 0 unspecified atom stereocenters. The Morgan fingerprint density at radius 3 is 2.50 bits per heavy atom. The van der Waals surface area contributed by atoms with Gasteiger partial charge in [-0.15, -0.1) is 0 Å². The van der Waals surface area contributed by atoms with Crippen LogP contribution in [0.25, 0.3) is 5.69 Å². The second-order valence-corrected chi connectivity index (χ2v) is 6.80. The Bertz CT molecular complexity index is 886. The minimum atomic E-state index is -0.112. The van der Waals surface area contributed by atoms with Gasteiger partial charge < -0.3 is 10.1 Å². The molecule has 0 fully saturated rings.